The second kappa shape index (κ2) is 23.5. The number of piperidine rings is 2. The van der Waals surface area contributed by atoms with Crippen molar-refractivity contribution < 1.29 is 28.9 Å². The lowest BCUT2D eigenvalue weighted by molar-refractivity contribution is -0.0373. The molecule has 2 N–H and O–H groups in total. The number of benzene rings is 2. The first kappa shape index (κ1) is 54.6. The molecule has 10 heterocycles. The van der Waals surface area contributed by atoms with Gasteiger partial charge in [-0.2, -0.15) is 10.2 Å². The number of alkyl carbamates (subject to hydrolysis) is 1. The lowest BCUT2D eigenvalue weighted by Gasteiger charge is -2.28. The predicted molar refractivity (Wildman–Crippen MR) is 323 cm³/mol. The molecular weight excluding hydrogens is 1270 g/mol. The Hall–Kier alpha value is -6.64. The predicted octanol–water partition coefficient (Wildman–Crippen LogP) is 9.94. The molecule has 2 aromatic carbocycles. The van der Waals surface area contributed by atoms with E-state index in [0.717, 1.165) is 155 Å². The SMILES string of the molecule is O=C(NCC1(c2ccccn2)C2CCN(c3cnc4c(I)nn(C5CCCCO5)c4n3)CC21)OCc1ccccc1.O=C(O)N(Cc1ccccc1)CC1(c2ccccn2)C2CCN(c3cnc4c(I)nn(C5CCCCO5)c4n3)CC21. The molecule has 14 rings (SSSR count). The Balaban J connectivity index is 0.000000154. The van der Waals surface area contributed by atoms with E-state index in [1.54, 1.807) is 4.90 Å². The van der Waals surface area contributed by atoms with Gasteiger partial charge in [0.25, 0.3) is 0 Å². The van der Waals surface area contributed by atoms with Gasteiger partial charge in [-0.1, -0.05) is 72.8 Å². The lowest BCUT2D eigenvalue weighted by atomic mass is 9.94. The molecule has 82 heavy (non-hydrogen) atoms. The summed E-state index contributed by atoms with van der Waals surface area (Å²) < 4.78 is 23.1. The average molecular weight is 1330 g/mol. The third-order valence-electron chi connectivity index (χ3n) is 17.8. The maximum absolute atomic E-state index is 12.7. The molecule has 8 atom stereocenters. The van der Waals surface area contributed by atoms with Crippen LogP contribution in [0.15, 0.2) is 122 Å². The van der Waals surface area contributed by atoms with Crippen molar-refractivity contribution in [1.29, 1.82) is 0 Å². The van der Waals surface area contributed by atoms with Crippen LogP contribution in [0.5, 0.6) is 0 Å². The van der Waals surface area contributed by atoms with Crippen LogP contribution in [-0.4, -0.2) is 124 Å². The summed E-state index contributed by atoms with van der Waals surface area (Å²) in [5, 5.41) is 22.8. The third kappa shape index (κ3) is 10.7. The normalized spacial score (nSPS) is 25.5. The van der Waals surface area contributed by atoms with Gasteiger partial charge in [-0.15, -0.1) is 0 Å². The van der Waals surface area contributed by atoms with Crippen molar-refractivity contribution in [3.63, 3.8) is 0 Å². The first-order chi connectivity index (χ1) is 40.2. The van der Waals surface area contributed by atoms with Crippen LogP contribution in [0.4, 0.5) is 21.2 Å². The molecule has 6 aromatic heterocycles. The standard InChI is InChI=1S/2C30H32IN7O3/c31-27-26-28(38(36-27)25-11-5-7-15-40-25)35-24(16-33-26)37-14-12-21-22(17-37)30(21,23-10-4-6-13-32-23)19-34-29(39)41-18-20-8-2-1-3-9-20;31-27-26-28(38(35-27)25-11-5-7-15-41-25)34-24(16-33-26)36-14-12-21-22(18-36)30(21,23-10-4-6-13-32-23)19-37(29(39)40)17-20-8-2-1-3-9-20/h1-4,6,8-10,13,16,21-22,25H,5,7,11-12,14-15,17-19H2,(H,34,39);1-4,6,8-10,13,16,21-22,25H,5,7,11-12,14-15,17-19H2,(H,39,40). The van der Waals surface area contributed by atoms with Crippen LogP contribution < -0.4 is 15.1 Å². The highest BCUT2D eigenvalue weighted by molar-refractivity contribution is 14.1. The quantitative estimate of drug-likeness (QED) is 0.0968. The third-order valence-corrected chi connectivity index (χ3v) is 19.3. The highest BCUT2D eigenvalue weighted by Crippen LogP contribution is 2.64. The van der Waals surface area contributed by atoms with Gasteiger partial charge in [0, 0.05) is 93.6 Å². The number of ether oxygens (including phenoxy) is 3. The fourth-order valence-electron chi connectivity index (χ4n) is 13.6. The Morgan fingerprint density at radius 2 is 1.15 bits per heavy atom. The van der Waals surface area contributed by atoms with E-state index in [4.69, 9.17) is 54.3 Å². The summed E-state index contributed by atoms with van der Waals surface area (Å²) in [5.41, 5.74) is 6.48. The molecule has 6 aliphatic rings. The van der Waals surface area contributed by atoms with Crippen LogP contribution in [0, 0.1) is 31.1 Å². The van der Waals surface area contributed by atoms with Crippen LogP contribution in [0.3, 0.4) is 0 Å². The van der Waals surface area contributed by atoms with E-state index in [1.165, 1.54) is 0 Å². The van der Waals surface area contributed by atoms with Crippen molar-refractivity contribution in [3.05, 3.63) is 152 Å². The zero-order chi connectivity index (χ0) is 55.8. The number of aromatic nitrogens is 10. The van der Waals surface area contributed by atoms with E-state index in [2.05, 4.69) is 72.4 Å². The van der Waals surface area contributed by atoms with Crippen LogP contribution in [-0.2, 0) is 38.2 Å². The largest absolute Gasteiger partial charge is 0.465 e. The molecule has 2 saturated carbocycles. The van der Waals surface area contributed by atoms with Crippen LogP contribution in [0.25, 0.3) is 22.3 Å². The summed E-state index contributed by atoms with van der Waals surface area (Å²) in [7, 11) is 0. The Labute approximate surface area is 502 Å². The molecule has 22 heteroatoms. The fourth-order valence-corrected chi connectivity index (χ4v) is 14.9. The van der Waals surface area contributed by atoms with Gasteiger partial charge < -0.3 is 39.3 Å². The van der Waals surface area contributed by atoms with Crippen molar-refractivity contribution in [2.75, 3.05) is 62.3 Å². The van der Waals surface area contributed by atoms with Crippen LogP contribution in [0.1, 0.15) is 86.3 Å². The minimum atomic E-state index is -0.909. The van der Waals surface area contributed by atoms with E-state index >= 15 is 0 Å². The van der Waals surface area contributed by atoms with Gasteiger partial charge in [-0.05, 0) is 156 Å². The number of carboxylic acid groups (broad SMARTS) is 1. The van der Waals surface area contributed by atoms with Crippen molar-refractivity contribution >= 4 is 91.3 Å². The van der Waals surface area contributed by atoms with Gasteiger partial charge in [0.1, 0.15) is 29.3 Å². The summed E-state index contributed by atoms with van der Waals surface area (Å²) in [6.07, 6.45) is 14.0. The molecule has 4 aliphatic heterocycles. The molecule has 8 aromatic rings. The fraction of sp³-hybridized carbons (Fsp3) is 0.433. The van der Waals surface area contributed by atoms with Gasteiger partial charge in [-0.3, -0.25) is 9.97 Å². The number of nitrogens with one attached hydrogen (secondary N) is 1. The smallest absolute Gasteiger partial charge is 0.407 e. The number of fused-ring (bicyclic) bond motifs is 4. The zero-order valence-electron chi connectivity index (χ0n) is 45.3. The average Bonchev–Trinajstić information content (AvgIpc) is 1.76. The number of hydrogen-bond donors (Lipinski definition) is 2. The van der Waals surface area contributed by atoms with E-state index in [0.29, 0.717) is 37.4 Å². The monoisotopic (exact) mass is 1330 g/mol. The number of anilines is 2. The highest BCUT2D eigenvalue weighted by atomic mass is 127. The van der Waals surface area contributed by atoms with Gasteiger partial charge in [0.2, 0.25) is 0 Å². The Morgan fingerprint density at radius 3 is 1.66 bits per heavy atom. The van der Waals surface area contributed by atoms with Crippen LogP contribution in [0.2, 0.25) is 0 Å². The highest BCUT2D eigenvalue weighted by Gasteiger charge is 2.69. The molecule has 0 radical (unpaired) electrons. The molecule has 2 amide bonds. The van der Waals surface area contributed by atoms with Gasteiger partial charge in [0.05, 0.1) is 12.4 Å². The summed E-state index contributed by atoms with van der Waals surface area (Å²) in [4.78, 5) is 60.6. The number of pyridine rings is 2. The molecular formula is C60H64I2N14O6. The number of carbonyl (C=O) groups excluding carboxylic acids is 1. The molecule has 424 valence electrons. The van der Waals surface area contributed by atoms with Crippen molar-refractivity contribution in [2.24, 2.45) is 23.7 Å². The van der Waals surface area contributed by atoms with Crippen LogP contribution >= 0.6 is 45.2 Å². The summed E-state index contributed by atoms with van der Waals surface area (Å²) in [6, 6.07) is 31.5. The number of halogens is 2. The summed E-state index contributed by atoms with van der Waals surface area (Å²) >= 11 is 4.45. The Kier molecular flexibility index (Phi) is 15.7. The molecule has 2 aliphatic carbocycles. The first-order valence-electron chi connectivity index (χ1n) is 28.5. The van der Waals surface area contributed by atoms with Gasteiger partial charge in [-0.25, -0.2) is 38.9 Å². The van der Waals surface area contributed by atoms with E-state index < -0.39 is 12.2 Å². The number of carbonyl (C=O) groups is 2. The van der Waals surface area contributed by atoms with Crippen molar-refractivity contribution in [2.45, 2.75) is 87.8 Å². The Morgan fingerprint density at radius 1 is 0.634 bits per heavy atom. The maximum atomic E-state index is 12.7. The minimum Gasteiger partial charge on any atom is -0.465 e. The lowest BCUT2D eigenvalue weighted by Crippen LogP contribution is -2.38. The number of nitrogens with zero attached hydrogens (tertiary/aromatic N) is 13. The molecule has 4 saturated heterocycles. The van der Waals surface area contributed by atoms with Crippen molar-refractivity contribution in [3.8, 4) is 0 Å². The zero-order valence-corrected chi connectivity index (χ0v) is 49.6. The second-order valence-corrected chi connectivity index (χ2v) is 24.4. The van der Waals surface area contributed by atoms with Gasteiger partial charge in [0.15, 0.2) is 31.2 Å². The molecule has 0 spiro atoms. The first-order valence-corrected chi connectivity index (χ1v) is 30.7. The second-order valence-electron chi connectivity index (χ2n) is 22.4. The molecule has 8 unspecified atom stereocenters. The van der Waals surface area contributed by atoms with E-state index in [1.807, 2.05) is 119 Å². The minimum absolute atomic E-state index is 0.0991. The Bertz CT molecular complexity index is 3540. The maximum Gasteiger partial charge on any atom is 0.407 e. The molecule has 20 nitrogen and oxygen atoms in total. The molecule has 6 fully saturated rings. The summed E-state index contributed by atoms with van der Waals surface area (Å²) in [5.74, 6) is 3.02. The number of amides is 2. The summed E-state index contributed by atoms with van der Waals surface area (Å²) in [6.45, 7) is 6.23. The number of rotatable bonds is 14. The number of hydrogen-bond acceptors (Lipinski definition) is 15. The van der Waals surface area contributed by atoms with E-state index in [-0.39, 0.29) is 35.8 Å². The topological polar surface area (TPSA) is 217 Å². The molecule has 0 bridgehead atoms. The van der Waals surface area contributed by atoms with Gasteiger partial charge >= 0.3 is 12.2 Å². The van der Waals surface area contributed by atoms with Crippen molar-refractivity contribution in [1.82, 2.24) is 59.7 Å². The van der Waals surface area contributed by atoms with E-state index in [9.17, 15) is 14.7 Å².